The lowest BCUT2D eigenvalue weighted by molar-refractivity contribution is -0.137. The number of aromatic nitrogens is 1. The summed E-state index contributed by atoms with van der Waals surface area (Å²) in [5.41, 5.74) is 8.20. The summed E-state index contributed by atoms with van der Waals surface area (Å²) < 4.78 is 38.1. The Morgan fingerprint density at radius 1 is 1.11 bits per heavy atom. The fourth-order valence-electron chi connectivity index (χ4n) is 2.64. The zero-order chi connectivity index (χ0) is 13.6. The van der Waals surface area contributed by atoms with Crippen LogP contribution >= 0.6 is 0 Å². The quantitative estimate of drug-likeness (QED) is 0.789. The maximum absolute atomic E-state index is 12.7. The van der Waals surface area contributed by atoms with E-state index in [9.17, 15) is 13.2 Å². The Balaban J connectivity index is 2.24. The third-order valence-electron chi connectivity index (χ3n) is 3.63. The SMILES string of the molecule is Nc1c2c(nc3cc(C(F)(F)F)ccc13)CCCC2. The van der Waals surface area contributed by atoms with Crippen LogP contribution in [0.4, 0.5) is 18.9 Å². The average molecular weight is 266 g/mol. The molecule has 1 aromatic heterocycles. The van der Waals surface area contributed by atoms with Crippen molar-refractivity contribution in [3.8, 4) is 0 Å². The average Bonchev–Trinajstić information content (AvgIpc) is 2.37. The molecule has 0 amide bonds. The van der Waals surface area contributed by atoms with Crippen LogP contribution in [0.2, 0.25) is 0 Å². The molecule has 2 N–H and O–H groups in total. The summed E-state index contributed by atoms with van der Waals surface area (Å²) in [6, 6.07) is 3.57. The van der Waals surface area contributed by atoms with Crippen molar-refractivity contribution < 1.29 is 13.2 Å². The Hall–Kier alpha value is -1.78. The van der Waals surface area contributed by atoms with Gasteiger partial charge in [0.15, 0.2) is 0 Å². The van der Waals surface area contributed by atoms with Gasteiger partial charge in [0.1, 0.15) is 0 Å². The van der Waals surface area contributed by atoms with E-state index >= 15 is 0 Å². The summed E-state index contributed by atoms with van der Waals surface area (Å²) in [7, 11) is 0. The maximum Gasteiger partial charge on any atom is 0.416 e. The van der Waals surface area contributed by atoms with Crippen molar-refractivity contribution in [3.05, 3.63) is 35.0 Å². The van der Waals surface area contributed by atoms with E-state index in [1.807, 2.05) is 0 Å². The minimum absolute atomic E-state index is 0.341. The highest BCUT2D eigenvalue weighted by molar-refractivity contribution is 5.92. The largest absolute Gasteiger partial charge is 0.416 e. The van der Waals surface area contributed by atoms with E-state index in [4.69, 9.17) is 5.73 Å². The van der Waals surface area contributed by atoms with Crippen LogP contribution in [0.15, 0.2) is 18.2 Å². The van der Waals surface area contributed by atoms with E-state index < -0.39 is 11.7 Å². The number of hydrogen-bond donors (Lipinski definition) is 1. The summed E-state index contributed by atoms with van der Waals surface area (Å²) in [5, 5.41) is 0.619. The molecule has 0 spiro atoms. The van der Waals surface area contributed by atoms with Crippen molar-refractivity contribution in [2.24, 2.45) is 0 Å². The molecule has 0 saturated heterocycles. The first-order valence-electron chi connectivity index (χ1n) is 6.25. The van der Waals surface area contributed by atoms with Gasteiger partial charge in [-0.15, -0.1) is 0 Å². The molecular weight excluding hydrogens is 253 g/mol. The molecule has 5 heteroatoms. The number of nitrogens with zero attached hydrogens (tertiary/aromatic N) is 1. The van der Waals surface area contributed by atoms with Gasteiger partial charge in [-0.25, -0.2) is 0 Å². The van der Waals surface area contributed by atoms with E-state index in [0.717, 1.165) is 49.1 Å². The Kier molecular flexibility index (Phi) is 2.66. The highest BCUT2D eigenvalue weighted by Crippen LogP contribution is 2.35. The van der Waals surface area contributed by atoms with Crippen molar-refractivity contribution in [3.63, 3.8) is 0 Å². The van der Waals surface area contributed by atoms with E-state index in [1.54, 1.807) is 0 Å². The number of pyridine rings is 1. The van der Waals surface area contributed by atoms with Gasteiger partial charge in [-0.1, -0.05) is 6.07 Å². The van der Waals surface area contributed by atoms with Gasteiger partial charge < -0.3 is 5.73 Å². The Morgan fingerprint density at radius 3 is 2.58 bits per heavy atom. The normalized spacial score (nSPS) is 15.5. The topological polar surface area (TPSA) is 38.9 Å². The van der Waals surface area contributed by atoms with E-state index in [2.05, 4.69) is 4.98 Å². The van der Waals surface area contributed by atoms with Crippen LogP contribution in [0.1, 0.15) is 29.7 Å². The number of halogens is 3. The van der Waals surface area contributed by atoms with Crippen molar-refractivity contribution in [1.29, 1.82) is 0 Å². The molecule has 0 bridgehead atoms. The Labute approximate surface area is 108 Å². The molecule has 0 fully saturated rings. The van der Waals surface area contributed by atoms with Crippen LogP contribution < -0.4 is 5.73 Å². The van der Waals surface area contributed by atoms with Crippen molar-refractivity contribution in [1.82, 2.24) is 4.98 Å². The van der Waals surface area contributed by atoms with Crippen LogP contribution in [0.5, 0.6) is 0 Å². The lowest BCUT2D eigenvalue weighted by Crippen LogP contribution is -2.10. The van der Waals surface area contributed by atoms with Gasteiger partial charge in [-0.3, -0.25) is 4.98 Å². The summed E-state index contributed by atoms with van der Waals surface area (Å²) in [6.07, 6.45) is -0.605. The number of benzene rings is 1. The smallest absolute Gasteiger partial charge is 0.398 e. The highest BCUT2D eigenvalue weighted by Gasteiger charge is 2.31. The Bertz CT molecular complexity index is 647. The summed E-state index contributed by atoms with van der Waals surface area (Å²) >= 11 is 0. The van der Waals surface area contributed by atoms with Crippen LogP contribution in [0.25, 0.3) is 10.9 Å². The molecule has 0 aliphatic heterocycles. The minimum atomic E-state index is -4.35. The summed E-state index contributed by atoms with van der Waals surface area (Å²) in [6.45, 7) is 0. The number of rotatable bonds is 0. The van der Waals surface area contributed by atoms with Gasteiger partial charge >= 0.3 is 6.18 Å². The number of anilines is 1. The molecule has 0 atom stereocenters. The van der Waals surface area contributed by atoms with Crippen LogP contribution in [-0.4, -0.2) is 4.98 Å². The Morgan fingerprint density at radius 2 is 1.84 bits per heavy atom. The molecular formula is C14H13F3N2. The second-order valence-corrected chi connectivity index (χ2v) is 4.89. The fourth-order valence-corrected chi connectivity index (χ4v) is 2.64. The number of hydrogen-bond acceptors (Lipinski definition) is 2. The predicted octanol–water partition coefficient (Wildman–Crippen LogP) is 3.71. The van der Waals surface area contributed by atoms with E-state index in [0.29, 0.717) is 16.6 Å². The molecule has 3 rings (SSSR count). The molecule has 1 aliphatic rings. The third kappa shape index (κ3) is 2.03. The number of fused-ring (bicyclic) bond motifs is 2. The summed E-state index contributed by atoms with van der Waals surface area (Å²) in [5.74, 6) is 0. The van der Waals surface area contributed by atoms with Gasteiger partial charge in [0.2, 0.25) is 0 Å². The predicted molar refractivity (Wildman–Crippen MR) is 67.8 cm³/mol. The first-order chi connectivity index (χ1) is 8.97. The zero-order valence-corrected chi connectivity index (χ0v) is 10.2. The number of nitrogen functional groups attached to an aromatic ring is 1. The molecule has 2 nitrogen and oxygen atoms in total. The maximum atomic E-state index is 12.7. The van der Waals surface area contributed by atoms with Gasteiger partial charge in [-0.05, 0) is 43.4 Å². The highest BCUT2D eigenvalue weighted by atomic mass is 19.4. The summed E-state index contributed by atoms with van der Waals surface area (Å²) in [4.78, 5) is 4.37. The molecule has 0 unspecified atom stereocenters. The van der Waals surface area contributed by atoms with Crippen molar-refractivity contribution in [2.75, 3.05) is 5.73 Å². The van der Waals surface area contributed by atoms with Gasteiger partial charge in [0.25, 0.3) is 0 Å². The van der Waals surface area contributed by atoms with Gasteiger partial charge in [0.05, 0.1) is 11.1 Å². The van der Waals surface area contributed by atoms with Crippen molar-refractivity contribution in [2.45, 2.75) is 31.9 Å². The first kappa shape index (κ1) is 12.3. The van der Waals surface area contributed by atoms with Crippen molar-refractivity contribution >= 4 is 16.6 Å². The lowest BCUT2D eigenvalue weighted by atomic mass is 9.92. The number of nitrogens with two attached hydrogens (primary N) is 1. The second-order valence-electron chi connectivity index (χ2n) is 4.89. The number of alkyl halides is 3. The molecule has 2 aromatic rings. The molecule has 0 saturated carbocycles. The second kappa shape index (κ2) is 4.11. The standard InChI is InChI=1S/C14H13F3N2/c15-14(16,17)8-5-6-10-12(7-8)19-11-4-2-1-3-9(11)13(10)18/h5-7H,1-4H2,(H2,18,19). The van der Waals surface area contributed by atoms with Crippen LogP contribution in [0.3, 0.4) is 0 Å². The third-order valence-corrected chi connectivity index (χ3v) is 3.63. The molecule has 100 valence electrons. The lowest BCUT2D eigenvalue weighted by Gasteiger charge is -2.19. The first-order valence-corrected chi connectivity index (χ1v) is 6.25. The molecule has 19 heavy (non-hydrogen) atoms. The molecule has 1 heterocycles. The fraction of sp³-hybridized carbons (Fsp3) is 0.357. The monoisotopic (exact) mass is 266 g/mol. The van der Waals surface area contributed by atoms with Crippen LogP contribution in [0, 0.1) is 0 Å². The van der Waals surface area contributed by atoms with Crippen LogP contribution in [-0.2, 0) is 19.0 Å². The van der Waals surface area contributed by atoms with E-state index in [1.165, 1.54) is 6.07 Å². The molecule has 0 radical (unpaired) electrons. The molecule has 1 aliphatic carbocycles. The molecule has 1 aromatic carbocycles. The van der Waals surface area contributed by atoms with E-state index in [-0.39, 0.29) is 0 Å². The van der Waals surface area contributed by atoms with Gasteiger partial charge in [0, 0.05) is 16.8 Å². The zero-order valence-electron chi connectivity index (χ0n) is 10.2. The van der Waals surface area contributed by atoms with Gasteiger partial charge in [-0.2, -0.15) is 13.2 Å². The minimum Gasteiger partial charge on any atom is -0.398 e. The number of aryl methyl sites for hydroxylation is 1.